The highest BCUT2D eigenvalue weighted by Gasteiger charge is 2.17. The quantitative estimate of drug-likeness (QED) is 0.149. The van der Waals surface area contributed by atoms with Gasteiger partial charge in [-0.05, 0) is 36.8 Å². The molecular formula is C24H25FN6O4. The first-order valence-electron chi connectivity index (χ1n) is 10.3. The van der Waals surface area contributed by atoms with Gasteiger partial charge in [-0.2, -0.15) is 5.26 Å². The zero-order valence-corrected chi connectivity index (χ0v) is 19.1. The largest absolute Gasteiger partial charge is 0.496 e. The Kier molecular flexibility index (Phi) is 9.36. The number of ether oxygens (including phenoxy) is 1. The van der Waals surface area contributed by atoms with Crippen LogP contribution in [0.15, 0.2) is 53.2 Å². The molecule has 182 valence electrons. The number of aliphatic imine (C=N–C) groups is 1. The summed E-state index contributed by atoms with van der Waals surface area (Å²) in [6, 6.07) is 11.1. The van der Waals surface area contributed by atoms with E-state index < -0.39 is 11.7 Å². The van der Waals surface area contributed by atoms with E-state index in [0.717, 1.165) is 22.5 Å². The van der Waals surface area contributed by atoms with E-state index in [4.69, 9.17) is 26.1 Å². The minimum atomic E-state index is -0.534. The summed E-state index contributed by atoms with van der Waals surface area (Å²) in [5.74, 6) is -0.650. The number of hydrogen-bond acceptors (Lipinski definition) is 6. The molecule has 0 aliphatic rings. The Balaban J connectivity index is 0.00000137. The minimum absolute atomic E-state index is 0.0802. The number of amides is 1. The molecule has 11 heteroatoms. The lowest BCUT2D eigenvalue weighted by atomic mass is 10.00. The monoisotopic (exact) mass is 480 g/mol. The number of rotatable bonds is 7. The Labute approximate surface area is 200 Å². The summed E-state index contributed by atoms with van der Waals surface area (Å²) < 4.78 is 18.7. The number of H-pyrrole nitrogens is 1. The number of hydrogen-bond donors (Lipinski definition) is 5. The van der Waals surface area contributed by atoms with Gasteiger partial charge in [0, 0.05) is 30.2 Å². The number of aromatic nitrogens is 1. The van der Waals surface area contributed by atoms with Crippen molar-refractivity contribution in [1.82, 2.24) is 10.3 Å². The van der Waals surface area contributed by atoms with Crippen molar-refractivity contribution in [3.8, 4) is 11.8 Å². The zero-order valence-electron chi connectivity index (χ0n) is 19.1. The van der Waals surface area contributed by atoms with Crippen LogP contribution in [0, 0.1) is 17.1 Å². The number of carboxylic acid groups (broad SMARTS) is 1. The van der Waals surface area contributed by atoms with E-state index in [-0.39, 0.29) is 41.4 Å². The average Bonchev–Trinajstić information content (AvgIpc) is 3.33. The summed E-state index contributed by atoms with van der Waals surface area (Å²) in [6.07, 6.45) is 1.73. The average molecular weight is 481 g/mol. The number of carbonyl (C=O) groups excluding carboxylic acids is 1. The fourth-order valence-corrected chi connectivity index (χ4v) is 3.37. The molecule has 1 aromatic heterocycles. The van der Waals surface area contributed by atoms with Crippen molar-refractivity contribution < 1.29 is 23.8 Å². The molecule has 0 aliphatic carbocycles. The standard InChI is InChI=1S/C23H23FN6O2.CH2O2/c1-3-28-22(27)18(11-25)20(26)15-6-4-13(21-16(15)8-9-29-21)12-30-23(31)17-10-14(24)5-7-19(17)32-2;2-1-3/h4-10,29H,3,12,26H2,1-2H3,(H2,27,28)(H,30,31);1H,(H,2,3)/b20-18-;. The SMILES string of the molecule is CCN=C(N)/C(C#N)=C(\N)c1ccc(CNC(=O)c2cc(F)ccc2OC)c2[nH]ccc12.O=CO. The third-order valence-corrected chi connectivity index (χ3v) is 4.91. The molecule has 0 unspecified atom stereocenters. The molecule has 10 nitrogen and oxygen atoms in total. The molecule has 2 aromatic carbocycles. The van der Waals surface area contributed by atoms with Crippen LogP contribution in [0.4, 0.5) is 4.39 Å². The maximum absolute atomic E-state index is 13.6. The van der Waals surface area contributed by atoms with Gasteiger partial charge in [0.05, 0.1) is 23.9 Å². The van der Waals surface area contributed by atoms with E-state index in [1.165, 1.54) is 19.2 Å². The molecule has 0 spiro atoms. The van der Waals surface area contributed by atoms with Crippen LogP contribution >= 0.6 is 0 Å². The third-order valence-electron chi connectivity index (χ3n) is 4.91. The first kappa shape index (κ1) is 26.4. The van der Waals surface area contributed by atoms with Gasteiger partial charge in [0.2, 0.25) is 0 Å². The van der Waals surface area contributed by atoms with Crippen molar-refractivity contribution >= 4 is 34.8 Å². The zero-order chi connectivity index (χ0) is 26.0. The molecule has 0 saturated heterocycles. The lowest BCUT2D eigenvalue weighted by Crippen LogP contribution is -2.23. The Morgan fingerprint density at radius 1 is 1.29 bits per heavy atom. The predicted octanol–water partition coefficient (Wildman–Crippen LogP) is 2.52. The summed E-state index contributed by atoms with van der Waals surface area (Å²) in [4.78, 5) is 28.2. The van der Waals surface area contributed by atoms with Gasteiger partial charge in [-0.1, -0.05) is 12.1 Å². The van der Waals surface area contributed by atoms with Gasteiger partial charge < -0.3 is 31.6 Å². The number of fused-ring (bicyclic) bond motifs is 1. The molecule has 1 amide bonds. The Hall–Kier alpha value is -4.85. The highest BCUT2D eigenvalue weighted by molar-refractivity contribution is 6.09. The number of nitrogens with one attached hydrogen (secondary N) is 2. The van der Waals surface area contributed by atoms with Crippen molar-refractivity contribution in [2.45, 2.75) is 13.5 Å². The molecule has 0 aliphatic heterocycles. The van der Waals surface area contributed by atoms with Crippen LogP contribution in [0.25, 0.3) is 16.6 Å². The molecule has 7 N–H and O–H groups in total. The maximum atomic E-state index is 13.6. The van der Waals surface area contributed by atoms with E-state index in [0.29, 0.717) is 12.1 Å². The van der Waals surface area contributed by atoms with Crippen molar-refractivity contribution in [3.63, 3.8) is 0 Å². The van der Waals surface area contributed by atoms with E-state index in [1.807, 2.05) is 19.1 Å². The second-order valence-electron chi connectivity index (χ2n) is 6.93. The van der Waals surface area contributed by atoms with E-state index >= 15 is 0 Å². The van der Waals surface area contributed by atoms with Crippen LogP contribution in [-0.4, -0.2) is 42.0 Å². The topological polar surface area (TPSA) is 180 Å². The summed E-state index contributed by atoms with van der Waals surface area (Å²) >= 11 is 0. The first-order valence-corrected chi connectivity index (χ1v) is 10.3. The molecule has 0 radical (unpaired) electrons. The molecule has 0 fully saturated rings. The van der Waals surface area contributed by atoms with Crippen molar-refractivity contribution in [2.75, 3.05) is 13.7 Å². The lowest BCUT2D eigenvalue weighted by Gasteiger charge is -2.12. The highest BCUT2D eigenvalue weighted by atomic mass is 19.1. The number of benzene rings is 2. The third kappa shape index (κ3) is 6.14. The number of nitriles is 1. The van der Waals surface area contributed by atoms with Gasteiger partial charge in [-0.25, -0.2) is 4.39 Å². The first-order chi connectivity index (χ1) is 16.8. The molecule has 0 atom stereocenters. The van der Waals surface area contributed by atoms with Crippen LogP contribution < -0.4 is 21.5 Å². The number of carbonyl (C=O) groups is 2. The number of halogens is 1. The Morgan fingerprint density at radius 3 is 2.63 bits per heavy atom. The van der Waals surface area contributed by atoms with Crippen LogP contribution in [-0.2, 0) is 11.3 Å². The van der Waals surface area contributed by atoms with Gasteiger partial charge in [-0.15, -0.1) is 0 Å². The number of methoxy groups -OCH3 is 1. The number of nitrogens with zero attached hydrogens (tertiary/aromatic N) is 2. The van der Waals surface area contributed by atoms with Crippen molar-refractivity contribution in [1.29, 1.82) is 5.26 Å². The van der Waals surface area contributed by atoms with Gasteiger partial charge in [0.15, 0.2) is 0 Å². The summed E-state index contributed by atoms with van der Waals surface area (Å²) in [5.41, 5.74) is 14.7. The molecule has 1 heterocycles. The molecule has 3 rings (SSSR count). The van der Waals surface area contributed by atoms with Crippen molar-refractivity contribution in [3.05, 3.63) is 70.7 Å². The van der Waals surface area contributed by atoms with E-state index in [1.54, 1.807) is 18.3 Å². The van der Waals surface area contributed by atoms with Crippen LogP contribution in [0.2, 0.25) is 0 Å². The van der Waals surface area contributed by atoms with Crippen LogP contribution in [0.1, 0.15) is 28.4 Å². The minimum Gasteiger partial charge on any atom is -0.496 e. The number of nitrogens with two attached hydrogens (primary N) is 2. The van der Waals surface area contributed by atoms with Gasteiger partial charge in [-0.3, -0.25) is 14.6 Å². The Bertz CT molecular complexity index is 1320. The highest BCUT2D eigenvalue weighted by Crippen LogP contribution is 2.27. The predicted molar refractivity (Wildman–Crippen MR) is 130 cm³/mol. The molecule has 3 aromatic rings. The maximum Gasteiger partial charge on any atom is 0.290 e. The normalized spacial score (nSPS) is 11.5. The van der Waals surface area contributed by atoms with E-state index in [9.17, 15) is 14.4 Å². The summed E-state index contributed by atoms with van der Waals surface area (Å²) in [6.45, 7) is 2.16. The second kappa shape index (κ2) is 12.4. The fraction of sp³-hybridized carbons (Fsp3) is 0.167. The van der Waals surface area contributed by atoms with Crippen LogP contribution in [0.3, 0.4) is 0 Å². The number of amidine groups is 1. The summed E-state index contributed by atoms with van der Waals surface area (Å²) in [5, 5.41) is 19.9. The summed E-state index contributed by atoms with van der Waals surface area (Å²) in [7, 11) is 1.41. The van der Waals surface area contributed by atoms with Gasteiger partial charge >= 0.3 is 0 Å². The van der Waals surface area contributed by atoms with Crippen molar-refractivity contribution in [2.24, 2.45) is 16.5 Å². The van der Waals surface area contributed by atoms with E-state index in [2.05, 4.69) is 15.3 Å². The van der Waals surface area contributed by atoms with Gasteiger partial charge in [0.1, 0.15) is 29.0 Å². The van der Waals surface area contributed by atoms with Crippen LogP contribution in [0.5, 0.6) is 5.75 Å². The molecule has 35 heavy (non-hydrogen) atoms. The fourth-order valence-electron chi connectivity index (χ4n) is 3.37. The molecular weight excluding hydrogens is 455 g/mol. The number of aromatic amines is 1. The smallest absolute Gasteiger partial charge is 0.290 e. The lowest BCUT2D eigenvalue weighted by molar-refractivity contribution is -0.122. The second-order valence-corrected chi connectivity index (χ2v) is 6.93. The molecule has 0 saturated carbocycles. The molecule has 0 bridgehead atoms. The Morgan fingerprint density at radius 2 is 2.00 bits per heavy atom. The van der Waals surface area contributed by atoms with Gasteiger partial charge in [0.25, 0.3) is 12.4 Å².